The van der Waals surface area contributed by atoms with Crippen molar-refractivity contribution in [3.05, 3.63) is 28.9 Å². The van der Waals surface area contributed by atoms with E-state index in [4.69, 9.17) is 11.6 Å². The molecule has 1 heterocycles. The van der Waals surface area contributed by atoms with Gasteiger partial charge < -0.3 is 5.11 Å². The van der Waals surface area contributed by atoms with Gasteiger partial charge in [0, 0.05) is 11.8 Å². The number of benzene rings is 1. The molecule has 15 heavy (non-hydrogen) atoms. The van der Waals surface area contributed by atoms with Crippen molar-refractivity contribution in [3.63, 3.8) is 0 Å². The molecule has 1 saturated carbocycles. The summed E-state index contributed by atoms with van der Waals surface area (Å²) in [6.45, 7) is 0. The van der Waals surface area contributed by atoms with Crippen molar-refractivity contribution in [2.24, 2.45) is 0 Å². The van der Waals surface area contributed by atoms with E-state index in [1.807, 2.05) is 18.2 Å². The number of aromatic amines is 1. The molecule has 3 rings (SSSR count). The monoisotopic (exact) mass is 222 g/mol. The smallest absolute Gasteiger partial charge is 0.132 e. The third-order valence-corrected chi connectivity index (χ3v) is 3.24. The Labute approximate surface area is 92.1 Å². The number of halogens is 1. The molecule has 2 aromatic rings. The Kier molecular flexibility index (Phi) is 1.82. The summed E-state index contributed by atoms with van der Waals surface area (Å²) in [6, 6.07) is 5.86. The molecule has 1 aromatic carbocycles. The number of aliphatic hydroxyl groups is 1. The maximum Gasteiger partial charge on any atom is 0.132 e. The maximum atomic E-state index is 9.90. The first kappa shape index (κ1) is 9.19. The fourth-order valence-electron chi connectivity index (χ4n) is 1.92. The van der Waals surface area contributed by atoms with E-state index < -0.39 is 5.60 Å². The number of fused-ring (bicyclic) bond motifs is 1. The second kappa shape index (κ2) is 2.97. The molecule has 0 saturated heterocycles. The van der Waals surface area contributed by atoms with Gasteiger partial charge in [-0.2, -0.15) is 5.10 Å². The van der Waals surface area contributed by atoms with E-state index in [0.29, 0.717) is 11.6 Å². The molecule has 0 spiro atoms. The fraction of sp³-hybridized carbons (Fsp3) is 0.364. The molecule has 0 bridgehead atoms. The van der Waals surface area contributed by atoms with Gasteiger partial charge in [0.15, 0.2) is 0 Å². The average Bonchev–Trinajstić information content (AvgIpc) is 2.80. The highest BCUT2D eigenvalue weighted by Gasteiger charge is 2.40. The molecule has 2 N–H and O–H groups in total. The number of hydrogen-bond acceptors (Lipinski definition) is 2. The molecule has 0 unspecified atom stereocenters. The predicted molar refractivity (Wildman–Crippen MR) is 59.0 cm³/mol. The number of hydrogen-bond donors (Lipinski definition) is 2. The van der Waals surface area contributed by atoms with Crippen molar-refractivity contribution in [1.82, 2.24) is 10.2 Å². The normalized spacial score (nSPS) is 18.3. The molecular weight excluding hydrogens is 212 g/mol. The van der Waals surface area contributed by atoms with E-state index in [0.717, 1.165) is 29.3 Å². The highest BCUT2D eigenvalue weighted by Crippen LogP contribution is 2.40. The molecule has 0 amide bonds. The van der Waals surface area contributed by atoms with Gasteiger partial charge in [-0.3, -0.25) is 5.10 Å². The Balaban J connectivity index is 2.12. The molecule has 78 valence electrons. The summed E-state index contributed by atoms with van der Waals surface area (Å²) in [6.07, 6.45) is 2.45. The second-order valence-corrected chi connectivity index (χ2v) is 4.63. The highest BCUT2D eigenvalue weighted by atomic mass is 35.5. The minimum Gasteiger partial charge on any atom is -0.390 e. The van der Waals surface area contributed by atoms with Gasteiger partial charge in [0.25, 0.3) is 0 Å². The Morgan fingerprint density at radius 1 is 1.47 bits per heavy atom. The Hall–Kier alpha value is -1.06. The molecule has 0 radical (unpaired) electrons. The largest absolute Gasteiger partial charge is 0.390 e. The summed E-state index contributed by atoms with van der Waals surface area (Å²) in [7, 11) is 0. The van der Waals surface area contributed by atoms with Crippen LogP contribution in [-0.2, 0) is 6.42 Å². The van der Waals surface area contributed by atoms with Crippen LogP contribution in [0, 0.1) is 0 Å². The second-order valence-electron chi connectivity index (χ2n) is 4.25. The van der Waals surface area contributed by atoms with E-state index >= 15 is 0 Å². The summed E-state index contributed by atoms with van der Waals surface area (Å²) in [5.41, 5.74) is 1.45. The summed E-state index contributed by atoms with van der Waals surface area (Å²) in [5, 5.41) is 18.2. The van der Waals surface area contributed by atoms with Gasteiger partial charge in [0.2, 0.25) is 0 Å². The number of nitrogens with zero attached hydrogens (tertiary/aromatic N) is 1. The van der Waals surface area contributed by atoms with Crippen LogP contribution in [0.3, 0.4) is 0 Å². The van der Waals surface area contributed by atoms with Crippen LogP contribution in [0.1, 0.15) is 18.4 Å². The van der Waals surface area contributed by atoms with Gasteiger partial charge in [0.1, 0.15) is 5.15 Å². The third-order valence-electron chi connectivity index (χ3n) is 2.97. The highest BCUT2D eigenvalue weighted by molar-refractivity contribution is 6.34. The van der Waals surface area contributed by atoms with Crippen molar-refractivity contribution < 1.29 is 5.11 Å². The third kappa shape index (κ3) is 1.52. The van der Waals surface area contributed by atoms with Crippen LogP contribution >= 0.6 is 11.6 Å². The molecule has 1 aliphatic carbocycles. The molecule has 0 aliphatic heterocycles. The van der Waals surface area contributed by atoms with Crippen LogP contribution in [0.4, 0.5) is 0 Å². The van der Waals surface area contributed by atoms with Crippen LogP contribution in [0.2, 0.25) is 5.15 Å². The summed E-state index contributed by atoms with van der Waals surface area (Å²) in [5.74, 6) is 0. The Bertz CT molecular complexity index is 516. The van der Waals surface area contributed by atoms with Gasteiger partial charge >= 0.3 is 0 Å². The van der Waals surface area contributed by atoms with Crippen LogP contribution in [0.25, 0.3) is 10.9 Å². The van der Waals surface area contributed by atoms with Crippen LogP contribution in [0.5, 0.6) is 0 Å². The lowest BCUT2D eigenvalue weighted by Gasteiger charge is -2.08. The first-order valence-electron chi connectivity index (χ1n) is 5.02. The topological polar surface area (TPSA) is 48.9 Å². The van der Waals surface area contributed by atoms with E-state index in [9.17, 15) is 5.11 Å². The van der Waals surface area contributed by atoms with Gasteiger partial charge in [0.05, 0.1) is 11.1 Å². The number of H-pyrrole nitrogens is 1. The molecule has 4 heteroatoms. The number of aromatic nitrogens is 2. The fourth-order valence-corrected chi connectivity index (χ4v) is 2.18. The van der Waals surface area contributed by atoms with E-state index in [1.165, 1.54) is 0 Å². The van der Waals surface area contributed by atoms with Crippen molar-refractivity contribution in [1.29, 1.82) is 0 Å². The zero-order chi connectivity index (χ0) is 10.5. The lowest BCUT2D eigenvalue weighted by atomic mass is 10.0. The van der Waals surface area contributed by atoms with Crippen molar-refractivity contribution >= 4 is 22.5 Å². The zero-order valence-corrected chi connectivity index (χ0v) is 8.88. The van der Waals surface area contributed by atoms with Crippen molar-refractivity contribution in [2.45, 2.75) is 24.9 Å². The Morgan fingerprint density at radius 2 is 2.27 bits per heavy atom. The van der Waals surface area contributed by atoms with Gasteiger partial charge in [-0.25, -0.2) is 0 Å². The standard InChI is InChI=1S/C11H11ClN2O/c12-10-9-7(6-11(15)4-5-11)2-1-3-8(9)13-14-10/h1-3,15H,4-6H2,(H,13,14). The lowest BCUT2D eigenvalue weighted by molar-refractivity contribution is 0.151. The minimum atomic E-state index is -0.491. The first-order valence-corrected chi connectivity index (χ1v) is 5.40. The molecule has 3 nitrogen and oxygen atoms in total. The van der Waals surface area contributed by atoms with E-state index in [-0.39, 0.29) is 0 Å². The Morgan fingerprint density at radius 3 is 3.00 bits per heavy atom. The van der Waals surface area contributed by atoms with Gasteiger partial charge in [-0.05, 0) is 24.5 Å². The van der Waals surface area contributed by atoms with E-state index in [2.05, 4.69) is 10.2 Å². The zero-order valence-electron chi connectivity index (χ0n) is 8.13. The van der Waals surface area contributed by atoms with Crippen LogP contribution in [0.15, 0.2) is 18.2 Å². The number of nitrogens with one attached hydrogen (secondary N) is 1. The van der Waals surface area contributed by atoms with Crippen molar-refractivity contribution in [2.75, 3.05) is 0 Å². The predicted octanol–water partition coefficient (Wildman–Crippen LogP) is 2.28. The molecule has 1 aliphatic rings. The van der Waals surface area contributed by atoms with Crippen molar-refractivity contribution in [3.8, 4) is 0 Å². The molecule has 1 aromatic heterocycles. The van der Waals surface area contributed by atoms with Gasteiger partial charge in [-0.1, -0.05) is 23.7 Å². The quantitative estimate of drug-likeness (QED) is 0.819. The molecular formula is C11H11ClN2O. The first-order chi connectivity index (χ1) is 7.18. The number of rotatable bonds is 2. The van der Waals surface area contributed by atoms with Crippen LogP contribution < -0.4 is 0 Å². The summed E-state index contributed by atoms with van der Waals surface area (Å²) in [4.78, 5) is 0. The molecule has 1 fully saturated rings. The summed E-state index contributed by atoms with van der Waals surface area (Å²) < 4.78 is 0. The van der Waals surface area contributed by atoms with Gasteiger partial charge in [-0.15, -0.1) is 0 Å². The van der Waals surface area contributed by atoms with E-state index in [1.54, 1.807) is 0 Å². The van der Waals surface area contributed by atoms with Crippen LogP contribution in [-0.4, -0.2) is 20.9 Å². The molecule has 0 atom stereocenters. The average molecular weight is 223 g/mol. The summed E-state index contributed by atoms with van der Waals surface area (Å²) >= 11 is 6.03. The lowest BCUT2D eigenvalue weighted by Crippen LogP contribution is -2.10. The maximum absolute atomic E-state index is 9.90. The minimum absolute atomic E-state index is 0.491. The SMILES string of the molecule is OC1(Cc2cccc3n[nH]c(Cl)c23)CC1.